The minimum Gasteiger partial charge on any atom is -0.456 e. The number of rotatable bonds is 5. The van der Waals surface area contributed by atoms with Gasteiger partial charge in [0.05, 0.1) is 5.56 Å². The van der Waals surface area contributed by atoms with Crippen molar-refractivity contribution in [3.05, 3.63) is 82.9 Å². The fourth-order valence-electron chi connectivity index (χ4n) is 5.52. The number of amides is 1. The van der Waals surface area contributed by atoms with Gasteiger partial charge >= 0.3 is 12.1 Å². The van der Waals surface area contributed by atoms with E-state index in [-0.39, 0.29) is 18.0 Å². The second-order valence-corrected chi connectivity index (χ2v) is 11.2. The summed E-state index contributed by atoms with van der Waals surface area (Å²) in [6.07, 6.45) is -0.286. The molecule has 0 unspecified atom stereocenters. The number of esters is 1. The molecular formula is C32H37N3O4. The Hall–Kier alpha value is -4.00. The Bertz CT molecular complexity index is 1340. The Morgan fingerprint density at radius 2 is 1.51 bits per heavy atom. The van der Waals surface area contributed by atoms with Crippen molar-refractivity contribution in [2.75, 3.05) is 50.1 Å². The minimum atomic E-state index is -0.575. The van der Waals surface area contributed by atoms with Gasteiger partial charge in [0.2, 0.25) is 0 Å². The van der Waals surface area contributed by atoms with Crippen LogP contribution in [0.4, 0.5) is 16.2 Å². The highest BCUT2D eigenvalue weighted by Crippen LogP contribution is 2.44. The molecule has 0 spiro atoms. The van der Waals surface area contributed by atoms with E-state index in [9.17, 15) is 9.59 Å². The lowest BCUT2D eigenvalue weighted by Gasteiger charge is -2.36. The fourth-order valence-corrected chi connectivity index (χ4v) is 5.52. The molecule has 0 saturated carbocycles. The lowest BCUT2D eigenvalue weighted by atomic mass is 9.98. The van der Waals surface area contributed by atoms with E-state index < -0.39 is 5.60 Å². The van der Waals surface area contributed by atoms with Crippen molar-refractivity contribution < 1.29 is 19.1 Å². The number of ether oxygens (including phenoxy) is 2. The molecule has 1 aliphatic carbocycles. The number of hydrogen-bond donors (Lipinski definition) is 1. The van der Waals surface area contributed by atoms with Crippen molar-refractivity contribution in [3.8, 4) is 11.1 Å². The Kier molecular flexibility index (Phi) is 7.25. The summed E-state index contributed by atoms with van der Waals surface area (Å²) in [5, 5.41) is 3.20. The van der Waals surface area contributed by atoms with E-state index in [4.69, 9.17) is 9.47 Å². The molecule has 0 atom stereocenters. The zero-order chi connectivity index (χ0) is 27.7. The lowest BCUT2D eigenvalue weighted by molar-refractivity contribution is 0.00687. The molecular weight excluding hydrogens is 490 g/mol. The average Bonchev–Trinajstić information content (AvgIpc) is 3.24. The Labute approximate surface area is 230 Å². The maximum Gasteiger partial charge on any atom is 0.409 e. The second kappa shape index (κ2) is 10.6. The molecule has 7 heteroatoms. The average molecular weight is 528 g/mol. The number of anilines is 2. The Balaban J connectivity index is 1.23. The van der Waals surface area contributed by atoms with Gasteiger partial charge in [-0.3, -0.25) is 0 Å². The highest BCUT2D eigenvalue weighted by molar-refractivity contribution is 5.94. The van der Waals surface area contributed by atoms with E-state index >= 15 is 0 Å². The number of hydrogen-bond acceptors (Lipinski definition) is 6. The molecule has 3 aromatic rings. The van der Waals surface area contributed by atoms with Gasteiger partial charge in [0.15, 0.2) is 0 Å². The molecule has 5 rings (SSSR count). The van der Waals surface area contributed by atoms with E-state index in [2.05, 4.69) is 34.5 Å². The largest absolute Gasteiger partial charge is 0.456 e. The summed E-state index contributed by atoms with van der Waals surface area (Å²) in [6, 6.07) is 20.6. The molecule has 1 amide bonds. The third-order valence-corrected chi connectivity index (χ3v) is 7.52. The van der Waals surface area contributed by atoms with E-state index in [0.717, 1.165) is 16.9 Å². The highest BCUT2D eigenvalue weighted by atomic mass is 16.6. The van der Waals surface area contributed by atoms with Crippen LogP contribution < -0.4 is 10.2 Å². The van der Waals surface area contributed by atoms with Crippen molar-refractivity contribution in [1.29, 1.82) is 0 Å². The van der Waals surface area contributed by atoms with Crippen LogP contribution in [0.3, 0.4) is 0 Å². The molecule has 0 radical (unpaired) electrons. The molecule has 1 aliphatic heterocycles. The molecule has 7 nitrogen and oxygen atoms in total. The van der Waals surface area contributed by atoms with Crippen LogP contribution in [-0.2, 0) is 9.47 Å². The summed E-state index contributed by atoms with van der Waals surface area (Å²) in [5.41, 5.74) is 7.48. The minimum absolute atomic E-state index is 0.0430. The number of benzene rings is 3. The molecule has 39 heavy (non-hydrogen) atoms. The van der Waals surface area contributed by atoms with Crippen LogP contribution in [0.5, 0.6) is 0 Å². The zero-order valence-electron chi connectivity index (χ0n) is 23.4. The topological polar surface area (TPSA) is 71.1 Å². The van der Waals surface area contributed by atoms with Gasteiger partial charge in [0.25, 0.3) is 0 Å². The van der Waals surface area contributed by atoms with Crippen LogP contribution in [0.25, 0.3) is 11.1 Å². The molecule has 1 N–H and O–H groups in total. The van der Waals surface area contributed by atoms with Gasteiger partial charge < -0.3 is 24.6 Å². The fraction of sp³-hybridized carbons (Fsp3) is 0.375. The molecule has 1 fully saturated rings. The van der Waals surface area contributed by atoms with Gasteiger partial charge in [-0.25, -0.2) is 9.59 Å². The summed E-state index contributed by atoms with van der Waals surface area (Å²) in [6.45, 7) is 10.2. The van der Waals surface area contributed by atoms with Gasteiger partial charge in [-0.1, -0.05) is 48.5 Å². The summed E-state index contributed by atoms with van der Waals surface area (Å²) < 4.78 is 11.5. The SMILES string of the molecule is CNc1cc(N2CCN(C(=O)OCC3c4ccccc4-c4ccccc43)CC2)cc(C(=O)OC(C)(C)C)c1C. The standard InChI is InChI=1S/C32H37N3O4/c1-21-27(30(36)39-32(2,3)4)18-22(19-29(21)33-5)34-14-16-35(17-15-34)31(37)38-20-28-25-12-8-6-10-23(25)24-11-7-9-13-26(24)28/h6-13,18-19,28,33H,14-17,20H2,1-5H3. The van der Waals surface area contributed by atoms with Crippen LogP contribution in [-0.4, -0.2) is 62.4 Å². The Morgan fingerprint density at radius 3 is 2.08 bits per heavy atom. The third kappa shape index (κ3) is 5.44. The van der Waals surface area contributed by atoms with Gasteiger partial charge in [-0.2, -0.15) is 0 Å². The van der Waals surface area contributed by atoms with Crippen LogP contribution in [0, 0.1) is 6.92 Å². The predicted octanol–water partition coefficient (Wildman–Crippen LogP) is 6.06. The van der Waals surface area contributed by atoms with E-state index in [1.54, 1.807) is 4.90 Å². The van der Waals surface area contributed by atoms with E-state index in [1.165, 1.54) is 22.3 Å². The molecule has 1 heterocycles. The Morgan fingerprint density at radius 1 is 0.923 bits per heavy atom. The summed E-state index contributed by atoms with van der Waals surface area (Å²) in [4.78, 5) is 29.9. The number of carbonyl (C=O) groups is 2. The lowest BCUT2D eigenvalue weighted by Crippen LogP contribution is -2.49. The maximum atomic E-state index is 13.1. The first-order chi connectivity index (χ1) is 18.7. The van der Waals surface area contributed by atoms with Crippen LogP contribution in [0.2, 0.25) is 0 Å². The quantitative estimate of drug-likeness (QED) is 0.407. The van der Waals surface area contributed by atoms with E-state index in [0.29, 0.717) is 38.3 Å². The highest BCUT2D eigenvalue weighted by Gasteiger charge is 2.31. The van der Waals surface area contributed by atoms with Gasteiger partial charge in [-0.05, 0) is 67.6 Å². The summed E-state index contributed by atoms with van der Waals surface area (Å²) >= 11 is 0. The van der Waals surface area contributed by atoms with Crippen molar-refractivity contribution in [2.24, 2.45) is 0 Å². The molecule has 1 saturated heterocycles. The third-order valence-electron chi connectivity index (χ3n) is 7.52. The normalized spacial score (nSPS) is 15.0. The maximum absolute atomic E-state index is 13.1. The van der Waals surface area contributed by atoms with Gasteiger partial charge in [-0.15, -0.1) is 0 Å². The molecule has 2 aliphatic rings. The summed E-state index contributed by atoms with van der Waals surface area (Å²) in [5.74, 6) is -0.294. The molecule has 0 bridgehead atoms. The van der Waals surface area contributed by atoms with E-state index in [1.807, 2.05) is 71.1 Å². The first kappa shape index (κ1) is 26.6. The smallest absolute Gasteiger partial charge is 0.409 e. The van der Waals surface area contributed by atoms with Crippen molar-refractivity contribution in [2.45, 2.75) is 39.2 Å². The van der Waals surface area contributed by atoms with Crippen LogP contribution in [0.1, 0.15) is 53.7 Å². The monoisotopic (exact) mass is 527 g/mol. The van der Waals surface area contributed by atoms with Crippen LogP contribution >= 0.6 is 0 Å². The van der Waals surface area contributed by atoms with Crippen LogP contribution in [0.15, 0.2) is 60.7 Å². The van der Waals surface area contributed by atoms with Crippen molar-refractivity contribution in [3.63, 3.8) is 0 Å². The number of nitrogens with zero attached hydrogens (tertiary/aromatic N) is 2. The zero-order valence-corrected chi connectivity index (χ0v) is 23.4. The van der Waals surface area contributed by atoms with Crippen molar-refractivity contribution in [1.82, 2.24) is 4.90 Å². The van der Waals surface area contributed by atoms with Gasteiger partial charge in [0.1, 0.15) is 12.2 Å². The first-order valence-electron chi connectivity index (χ1n) is 13.6. The number of carbonyl (C=O) groups excluding carboxylic acids is 2. The van der Waals surface area contributed by atoms with Crippen molar-refractivity contribution >= 4 is 23.4 Å². The number of piperazine rings is 1. The van der Waals surface area contributed by atoms with Gasteiger partial charge in [0, 0.05) is 50.5 Å². The summed E-state index contributed by atoms with van der Waals surface area (Å²) in [7, 11) is 1.85. The second-order valence-electron chi connectivity index (χ2n) is 11.2. The number of nitrogens with one attached hydrogen (secondary N) is 1. The molecule has 3 aromatic carbocycles. The molecule has 0 aromatic heterocycles. The molecule has 204 valence electrons. The predicted molar refractivity (Wildman–Crippen MR) is 155 cm³/mol. The number of fused-ring (bicyclic) bond motifs is 3. The first-order valence-corrected chi connectivity index (χ1v) is 13.6.